The molecular weight excluding hydrogens is 288 g/mol. The lowest BCUT2D eigenvalue weighted by atomic mass is 10.1. The summed E-state index contributed by atoms with van der Waals surface area (Å²) in [4.78, 5) is 44.8. The van der Waals surface area contributed by atoms with Crippen LogP contribution in [0.15, 0.2) is 0 Å². The molecule has 2 saturated heterocycles. The molecule has 9 heteroatoms. The summed E-state index contributed by atoms with van der Waals surface area (Å²) in [6, 6.07) is 0. The SMILES string of the molecule is CC(=O)OC1O[C@H]2[C@H](OC(=O)[C@H]2OC(C)=O)[C@H]1OC(C)=O. The highest BCUT2D eigenvalue weighted by Gasteiger charge is 2.61. The van der Waals surface area contributed by atoms with Gasteiger partial charge in [-0.25, -0.2) is 4.79 Å². The molecule has 1 unspecified atom stereocenters. The lowest BCUT2D eigenvalue weighted by molar-refractivity contribution is -0.205. The van der Waals surface area contributed by atoms with Crippen molar-refractivity contribution in [1.29, 1.82) is 0 Å². The fourth-order valence-electron chi connectivity index (χ4n) is 2.23. The van der Waals surface area contributed by atoms with Crippen molar-refractivity contribution in [3.63, 3.8) is 0 Å². The van der Waals surface area contributed by atoms with Gasteiger partial charge in [-0.1, -0.05) is 0 Å². The number of hydrogen-bond donors (Lipinski definition) is 0. The third-order valence-electron chi connectivity index (χ3n) is 2.87. The standard InChI is InChI=1S/C12H14O9/c1-4(13)17-9-7-8(20-11(9)16)10(18-5(2)14)12(21-7)19-6(3)15/h7-10,12H,1-3H3/t7-,8-,9-,10+,12?/m0/s1. The molecule has 0 N–H and O–H groups in total. The van der Waals surface area contributed by atoms with Crippen molar-refractivity contribution in [2.45, 2.75) is 51.5 Å². The van der Waals surface area contributed by atoms with E-state index in [0.29, 0.717) is 0 Å². The van der Waals surface area contributed by atoms with Crippen molar-refractivity contribution in [3.05, 3.63) is 0 Å². The summed E-state index contributed by atoms with van der Waals surface area (Å²) < 4.78 is 25.1. The van der Waals surface area contributed by atoms with E-state index < -0.39 is 54.6 Å². The topological polar surface area (TPSA) is 114 Å². The Bertz CT molecular complexity index is 485. The van der Waals surface area contributed by atoms with Crippen LogP contribution in [0.2, 0.25) is 0 Å². The largest absolute Gasteiger partial charge is 0.452 e. The van der Waals surface area contributed by atoms with Gasteiger partial charge < -0.3 is 23.7 Å². The van der Waals surface area contributed by atoms with E-state index in [0.717, 1.165) is 20.8 Å². The van der Waals surface area contributed by atoms with Gasteiger partial charge in [-0.2, -0.15) is 0 Å². The minimum atomic E-state index is -1.29. The molecule has 2 rings (SSSR count). The van der Waals surface area contributed by atoms with Crippen LogP contribution in [0.25, 0.3) is 0 Å². The van der Waals surface area contributed by atoms with E-state index in [1.807, 2.05) is 0 Å². The molecular formula is C12H14O9. The maximum absolute atomic E-state index is 11.7. The van der Waals surface area contributed by atoms with E-state index in [4.69, 9.17) is 23.7 Å². The summed E-state index contributed by atoms with van der Waals surface area (Å²) in [6.45, 7) is 3.43. The van der Waals surface area contributed by atoms with Gasteiger partial charge in [0, 0.05) is 20.8 Å². The number of ether oxygens (including phenoxy) is 5. The number of carbonyl (C=O) groups excluding carboxylic acids is 4. The Labute approximate surface area is 119 Å². The van der Waals surface area contributed by atoms with E-state index in [1.165, 1.54) is 0 Å². The summed E-state index contributed by atoms with van der Waals surface area (Å²) in [5.41, 5.74) is 0. The molecule has 2 heterocycles. The summed E-state index contributed by atoms with van der Waals surface area (Å²) in [5, 5.41) is 0. The van der Waals surface area contributed by atoms with Crippen LogP contribution in [0.5, 0.6) is 0 Å². The molecule has 116 valence electrons. The predicted octanol–water partition coefficient (Wildman–Crippen LogP) is -0.937. The molecule has 0 radical (unpaired) electrons. The van der Waals surface area contributed by atoms with E-state index in [-0.39, 0.29) is 0 Å². The van der Waals surface area contributed by atoms with Gasteiger partial charge in [0.25, 0.3) is 0 Å². The van der Waals surface area contributed by atoms with E-state index in [2.05, 4.69) is 0 Å². The van der Waals surface area contributed by atoms with Gasteiger partial charge in [-0.3, -0.25) is 14.4 Å². The predicted molar refractivity (Wildman–Crippen MR) is 61.4 cm³/mol. The summed E-state index contributed by atoms with van der Waals surface area (Å²) in [6.07, 6.45) is -5.63. The van der Waals surface area contributed by atoms with Crippen molar-refractivity contribution in [2.75, 3.05) is 0 Å². The zero-order valence-corrected chi connectivity index (χ0v) is 11.6. The fourth-order valence-corrected chi connectivity index (χ4v) is 2.23. The van der Waals surface area contributed by atoms with Gasteiger partial charge in [-0.15, -0.1) is 0 Å². The molecule has 2 aliphatic rings. The molecule has 0 bridgehead atoms. The van der Waals surface area contributed by atoms with Crippen LogP contribution < -0.4 is 0 Å². The zero-order valence-electron chi connectivity index (χ0n) is 11.6. The first-order chi connectivity index (χ1) is 9.79. The number of carbonyl (C=O) groups is 4. The maximum atomic E-state index is 11.7. The van der Waals surface area contributed by atoms with E-state index in [1.54, 1.807) is 0 Å². The van der Waals surface area contributed by atoms with Crippen LogP contribution in [-0.2, 0) is 42.9 Å². The Morgan fingerprint density at radius 3 is 2.00 bits per heavy atom. The minimum absolute atomic E-state index is 0.659. The molecule has 0 spiro atoms. The first kappa shape index (κ1) is 15.2. The van der Waals surface area contributed by atoms with Gasteiger partial charge in [0.05, 0.1) is 0 Å². The first-order valence-corrected chi connectivity index (χ1v) is 6.17. The van der Waals surface area contributed by atoms with Gasteiger partial charge in [0.2, 0.25) is 18.5 Å². The van der Waals surface area contributed by atoms with Crippen molar-refractivity contribution in [3.8, 4) is 0 Å². The number of rotatable bonds is 3. The molecule has 2 fully saturated rings. The van der Waals surface area contributed by atoms with Crippen LogP contribution in [0.3, 0.4) is 0 Å². The second-order valence-electron chi connectivity index (χ2n) is 4.58. The fraction of sp³-hybridized carbons (Fsp3) is 0.667. The van der Waals surface area contributed by atoms with Gasteiger partial charge in [0.15, 0.2) is 12.2 Å². The summed E-state index contributed by atoms with van der Waals surface area (Å²) in [5.74, 6) is -2.82. The van der Waals surface area contributed by atoms with Crippen molar-refractivity contribution in [2.24, 2.45) is 0 Å². The molecule has 5 atom stereocenters. The average Bonchev–Trinajstić information content (AvgIpc) is 2.78. The van der Waals surface area contributed by atoms with Crippen molar-refractivity contribution >= 4 is 23.9 Å². The Hall–Kier alpha value is -2.16. The number of hydrogen-bond acceptors (Lipinski definition) is 9. The normalized spacial score (nSPS) is 33.9. The average molecular weight is 302 g/mol. The highest BCUT2D eigenvalue weighted by atomic mass is 16.8. The van der Waals surface area contributed by atoms with Gasteiger partial charge in [0.1, 0.15) is 0 Å². The molecule has 2 aliphatic heterocycles. The maximum Gasteiger partial charge on any atom is 0.350 e. The number of esters is 4. The molecule has 0 aromatic rings. The monoisotopic (exact) mass is 302 g/mol. The highest BCUT2D eigenvalue weighted by molar-refractivity contribution is 5.82. The van der Waals surface area contributed by atoms with E-state index >= 15 is 0 Å². The molecule has 0 aliphatic carbocycles. The summed E-state index contributed by atoms with van der Waals surface area (Å²) >= 11 is 0. The first-order valence-electron chi connectivity index (χ1n) is 6.17. The molecule has 9 nitrogen and oxygen atoms in total. The lowest BCUT2D eigenvalue weighted by Crippen LogP contribution is -2.38. The zero-order chi connectivity index (χ0) is 15.7. The third-order valence-corrected chi connectivity index (χ3v) is 2.87. The Kier molecular flexibility index (Phi) is 4.12. The second kappa shape index (κ2) is 5.68. The number of fused-ring (bicyclic) bond motifs is 1. The molecule has 0 aromatic heterocycles. The molecule has 21 heavy (non-hydrogen) atoms. The van der Waals surface area contributed by atoms with Gasteiger partial charge in [-0.05, 0) is 0 Å². The Balaban J connectivity index is 2.19. The second-order valence-corrected chi connectivity index (χ2v) is 4.58. The van der Waals surface area contributed by atoms with Crippen LogP contribution in [0, 0.1) is 0 Å². The highest BCUT2D eigenvalue weighted by Crippen LogP contribution is 2.35. The van der Waals surface area contributed by atoms with Crippen molar-refractivity contribution in [1.82, 2.24) is 0 Å². The van der Waals surface area contributed by atoms with Crippen LogP contribution in [0.4, 0.5) is 0 Å². The Morgan fingerprint density at radius 1 is 0.905 bits per heavy atom. The van der Waals surface area contributed by atoms with Gasteiger partial charge >= 0.3 is 23.9 Å². The van der Waals surface area contributed by atoms with Crippen LogP contribution in [0.1, 0.15) is 20.8 Å². The third kappa shape index (κ3) is 3.13. The molecule has 0 aromatic carbocycles. The molecule has 0 saturated carbocycles. The smallest absolute Gasteiger partial charge is 0.350 e. The van der Waals surface area contributed by atoms with E-state index in [9.17, 15) is 19.2 Å². The quantitative estimate of drug-likeness (QED) is 0.481. The lowest BCUT2D eigenvalue weighted by Gasteiger charge is -2.20. The van der Waals surface area contributed by atoms with Crippen molar-refractivity contribution < 1.29 is 42.9 Å². The molecule has 0 amide bonds. The van der Waals surface area contributed by atoms with Crippen LogP contribution >= 0.6 is 0 Å². The summed E-state index contributed by atoms with van der Waals surface area (Å²) in [7, 11) is 0. The van der Waals surface area contributed by atoms with Crippen LogP contribution in [-0.4, -0.2) is 54.6 Å². The minimum Gasteiger partial charge on any atom is -0.452 e. The Morgan fingerprint density at radius 2 is 1.48 bits per heavy atom.